The molecule has 238 valence electrons. The summed E-state index contributed by atoms with van der Waals surface area (Å²) in [4.78, 5) is 48.5. The molecular weight excluding hydrogens is 694 g/mol. The molecule has 8 bridgehead atoms. The van der Waals surface area contributed by atoms with Crippen molar-refractivity contribution in [1.82, 2.24) is 39.9 Å². The number of hydrogen-bond donors (Lipinski definition) is 3. The van der Waals surface area contributed by atoms with E-state index in [1.807, 2.05) is 91.0 Å². The average molecular weight is 716 g/mol. The van der Waals surface area contributed by atoms with Gasteiger partial charge in [0.15, 0.2) is 23.3 Å². The Bertz CT molecular complexity index is 2900. The van der Waals surface area contributed by atoms with Gasteiger partial charge in [0.05, 0.1) is 10.9 Å². The number of fused-ring (bicyclic) bond motifs is 20. The first-order chi connectivity index (χ1) is 24.6. The minimum absolute atomic E-state index is 0. The Kier molecular flexibility index (Phi) is 7.01. The summed E-state index contributed by atoms with van der Waals surface area (Å²) in [6.45, 7) is 0. The second-order valence-electron chi connectivity index (χ2n) is 11.9. The largest absolute Gasteiger partial charge is 0.478 e. The van der Waals surface area contributed by atoms with Crippen LogP contribution in [0.15, 0.2) is 115 Å². The summed E-state index contributed by atoms with van der Waals surface area (Å²) in [5, 5.41) is 12.6. The van der Waals surface area contributed by atoms with Crippen molar-refractivity contribution >= 4 is 50.1 Å². The zero-order valence-corrected chi connectivity index (χ0v) is 29.6. The van der Waals surface area contributed by atoms with Gasteiger partial charge in [0.1, 0.15) is 34.1 Å². The maximum Gasteiger partial charge on any atom is 0.335 e. The maximum absolute atomic E-state index is 11.5. The third-order valence-electron chi connectivity index (χ3n) is 8.87. The van der Waals surface area contributed by atoms with Gasteiger partial charge in [-0.15, -0.1) is 0 Å². The molecule has 5 aromatic carbocycles. The minimum Gasteiger partial charge on any atom is -0.478 e. The van der Waals surface area contributed by atoms with E-state index >= 15 is 0 Å². The first kappa shape index (κ1) is 30.4. The molecule has 0 atom stereocenters. The molecule has 10 rings (SSSR count). The van der Waals surface area contributed by atoms with E-state index in [1.165, 1.54) is 12.1 Å². The van der Waals surface area contributed by atoms with E-state index < -0.39 is 5.97 Å². The number of nitrogens with zero attached hydrogens (tertiary/aromatic N) is 6. The molecule has 0 saturated heterocycles. The number of aromatic nitrogens is 8. The van der Waals surface area contributed by atoms with Gasteiger partial charge in [0, 0.05) is 57.9 Å². The van der Waals surface area contributed by atoms with Crippen LogP contribution >= 0.6 is 0 Å². The Hall–Kier alpha value is -6.65. The second kappa shape index (κ2) is 11.8. The quantitative estimate of drug-likeness (QED) is 0.153. The van der Waals surface area contributed by atoms with E-state index in [0.29, 0.717) is 62.8 Å². The summed E-state index contributed by atoms with van der Waals surface area (Å²) in [7, 11) is 0. The van der Waals surface area contributed by atoms with Gasteiger partial charge in [-0.1, -0.05) is 84.9 Å². The van der Waals surface area contributed by atoms with E-state index in [2.05, 4.69) is 9.97 Å². The van der Waals surface area contributed by atoms with Crippen LogP contribution in [-0.2, 0) is 19.5 Å². The first-order valence-corrected chi connectivity index (χ1v) is 15.8. The van der Waals surface area contributed by atoms with Crippen molar-refractivity contribution in [2.24, 2.45) is 0 Å². The fourth-order valence-electron chi connectivity index (χ4n) is 6.54. The number of nitrogens with one attached hydrogen (secondary N) is 2. The number of carbonyl (C=O) groups is 1. The van der Waals surface area contributed by atoms with Crippen LogP contribution in [0.4, 0.5) is 0 Å². The van der Waals surface area contributed by atoms with Gasteiger partial charge in [-0.3, -0.25) is 0 Å². The molecule has 12 heteroatoms. The molecule has 8 aromatic rings. The number of H-pyrrole nitrogens is 2. The van der Waals surface area contributed by atoms with Gasteiger partial charge in [-0.2, -0.15) is 0 Å². The number of hydrogen-bond acceptors (Lipinski definition) is 8. The van der Waals surface area contributed by atoms with Gasteiger partial charge in [-0.25, -0.2) is 34.7 Å². The molecule has 3 N–H and O–H groups in total. The van der Waals surface area contributed by atoms with E-state index in [0.717, 1.165) is 38.4 Å². The second-order valence-corrected chi connectivity index (χ2v) is 11.9. The molecule has 0 fully saturated rings. The van der Waals surface area contributed by atoms with Crippen molar-refractivity contribution in [3.05, 3.63) is 121 Å². The molecule has 5 heterocycles. The van der Waals surface area contributed by atoms with Crippen LogP contribution < -0.4 is 4.74 Å². The number of rotatable bonds is 3. The molecule has 0 unspecified atom stereocenters. The Morgan fingerprint density at radius 3 is 1.43 bits per heavy atom. The molecule has 2 aliphatic heterocycles. The minimum atomic E-state index is -1.01. The van der Waals surface area contributed by atoms with Crippen LogP contribution in [0.3, 0.4) is 0 Å². The van der Waals surface area contributed by atoms with Crippen molar-refractivity contribution in [2.45, 2.75) is 0 Å². The summed E-state index contributed by atoms with van der Waals surface area (Å²) in [6.07, 6.45) is 0. The molecule has 0 radical (unpaired) electrons. The van der Waals surface area contributed by atoms with Crippen molar-refractivity contribution in [3.8, 4) is 57.1 Å². The monoisotopic (exact) mass is 714 g/mol. The van der Waals surface area contributed by atoms with E-state index in [4.69, 9.17) is 34.6 Å². The normalized spacial score (nSPS) is 11.5. The molecule has 0 saturated carbocycles. The Morgan fingerprint density at radius 2 is 0.922 bits per heavy atom. The predicted octanol–water partition coefficient (Wildman–Crippen LogP) is 8.36. The third-order valence-corrected chi connectivity index (χ3v) is 8.87. The van der Waals surface area contributed by atoms with Gasteiger partial charge >= 0.3 is 5.97 Å². The molecule has 0 amide bonds. The average Bonchev–Trinajstić information content (AvgIpc) is 3.88. The smallest absolute Gasteiger partial charge is 0.335 e. The molecule has 51 heavy (non-hydrogen) atoms. The summed E-state index contributed by atoms with van der Waals surface area (Å²) < 4.78 is 6.37. The standard InChI is InChI=1S/C39H22N8O3.Zn/c48-39(49)20-16-18-21(19-17-20)50-29-15-7-14-28-30(29)38-46-36-27-13-6-5-12-26(27)34(44-36)42-32-23-9-2-1-8-22(23)31(40-32)41-33-24-10-3-4-11-25(24)35(43-33)45-37(28)47-38;/h1-19H,(H,48,49)(H2,40,41,42,43,44,45,46,47);. The SMILES string of the molecule is O=C(O)c1ccc(Oc2cccc3c4nc5nc(nc6[nH]c(nc7nc(nc([nH]4)c23)-c2ccccc2-7)c2ccccc62)-c2ccccc2-5)cc1.[Zn]. The van der Waals surface area contributed by atoms with Crippen molar-refractivity contribution in [2.75, 3.05) is 0 Å². The maximum atomic E-state index is 11.5. The Balaban J connectivity index is 0.00000348. The van der Waals surface area contributed by atoms with Crippen LogP contribution in [0.5, 0.6) is 11.5 Å². The Labute approximate surface area is 300 Å². The van der Waals surface area contributed by atoms with Crippen LogP contribution in [0.25, 0.3) is 89.7 Å². The number of benzene rings is 5. The zero-order valence-electron chi connectivity index (χ0n) is 26.6. The summed E-state index contributed by atoms with van der Waals surface area (Å²) in [6, 6.07) is 35.6. The zero-order chi connectivity index (χ0) is 33.3. The van der Waals surface area contributed by atoms with Crippen LogP contribution in [0.2, 0.25) is 0 Å². The van der Waals surface area contributed by atoms with Crippen LogP contribution in [0, 0.1) is 0 Å². The molecular formula is C39H22N8O3Zn. The van der Waals surface area contributed by atoms with E-state index in [9.17, 15) is 9.90 Å². The molecule has 0 aliphatic carbocycles. The van der Waals surface area contributed by atoms with Gasteiger partial charge in [0.25, 0.3) is 0 Å². The Morgan fingerprint density at radius 1 is 0.490 bits per heavy atom. The molecule has 2 aliphatic rings. The molecule has 11 nitrogen and oxygen atoms in total. The topological polar surface area (TPSA) is 155 Å². The number of ether oxygens (including phenoxy) is 1. The fraction of sp³-hybridized carbons (Fsp3) is 0. The van der Waals surface area contributed by atoms with Crippen LogP contribution in [-0.4, -0.2) is 50.9 Å². The third kappa shape index (κ3) is 4.95. The van der Waals surface area contributed by atoms with E-state index in [1.54, 1.807) is 12.1 Å². The fourth-order valence-corrected chi connectivity index (χ4v) is 6.54. The summed E-state index contributed by atoms with van der Waals surface area (Å²) in [5.74, 6) is 1.97. The van der Waals surface area contributed by atoms with E-state index in [-0.39, 0.29) is 25.0 Å². The number of aromatic amines is 2. The predicted molar refractivity (Wildman–Crippen MR) is 190 cm³/mol. The number of carboxylic acid groups (broad SMARTS) is 1. The summed E-state index contributed by atoms with van der Waals surface area (Å²) >= 11 is 0. The van der Waals surface area contributed by atoms with Crippen LogP contribution in [0.1, 0.15) is 10.4 Å². The van der Waals surface area contributed by atoms with Gasteiger partial charge in [-0.05, 0) is 30.3 Å². The number of aromatic carboxylic acids is 1. The van der Waals surface area contributed by atoms with Gasteiger partial charge < -0.3 is 19.8 Å². The van der Waals surface area contributed by atoms with Gasteiger partial charge in [0.2, 0.25) is 0 Å². The number of carboxylic acids is 1. The molecule has 0 spiro atoms. The first-order valence-electron chi connectivity index (χ1n) is 15.8. The summed E-state index contributed by atoms with van der Waals surface area (Å²) in [5.41, 5.74) is 5.80. The van der Waals surface area contributed by atoms with Crippen molar-refractivity contribution in [1.29, 1.82) is 0 Å². The van der Waals surface area contributed by atoms with Crippen molar-refractivity contribution < 1.29 is 34.1 Å². The molecule has 3 aromatic heterocycles. The van der Waals surface area contributed by atoms with Crippen molar-refractivity contribution in [3.63, 3.8) is 0 Å².